The quantitative estimate of drug-likeness (QED) is 0.459. The van der Waals surface area contributed by atoms with E-state index in [9.17, 15) is 4.79 Å². The number of rotatable bonds is 7. The molecule has 0 radical (unpaired) electrons. The van der Waals surface area contributed by atoms with E-state index in [-0.39, 0.29) is 24.0 Å². The molecule has 1 unspecified atom stereocenters. The van der Waals surface area contributed by atoms with Crippen molar-refractivity contribution < 1.29 is 14.3 Å². The number of ether oxygens (including phenoxy) is 2. The number of carbonyl (C=O) groups excluding carboxylic acids is 1. The van der Waals surface area contributed by atoms with Gasteiger partial charge in [-0.1, -0.05) is 26.7 Å². The third-order valence-corrected chi connectivity index (χ3v) is 4.08. The molecule has 140 valence electrons. The molecule has 0 bridgehead atoms. The molecule has 1 rings (SSSR count). The lowest BCUT2D eigenvalue weighted by atomic mass is 9.88. The van der Waals surface area contributed by atoms with Gasteiger partial charge in [0.05, 0.1) is 12.7 Å². The molecule has 0 aliphatic carbocycles. The minimum Gasteiger partial charge on any atom is -0.497 e. The van der Waals surface area contributed by atoms with Gasteiger partial charge in [-0.2, -0.15) is 0 Å². The molecule has 5 heteroatoms. The lowest BCUT2D eigenvalue weighted by Gasteiger charge is -2.28. The Morgan fingerprint density at radius 1 is 1.42 bits per heavy atom. The summed E-state index contributed by atoms with van der Waals surface area (Å²) in [7, 11) is 1.57. The number of hydrogen-bond donors (Lipinski definition) is 1. The first-order chi connectivity index (χ1) is 12.2. The average Bonchev–Trinajstić information content (AvgIpc) is 2.60. The number of methoxy groups -OCH3 is 1. The summed E-state index contributed by atoms with van der Waals surface area (Å²) in [4.78, 5) is 16.5. The molecule has 0 aromatic carbocycles. The van der Waals surface area contributed by atoms with Crippen molar-refractivity contribution in [2.24, 2.45) is 5.41 Å². The second kappa shape index (κ2) is 9.67. The Hall–Kier alpha value is -2.74. The summed E-state index contributed by atoms with van der Waals surface area (Å²) < 4.78 is 10.9. The fourth-order valence-corrected chi connectivity index (χ4v) is 1.97. The van der Waals surface area contributed by atoms with Gasteiger partial charge in [0.25, 0.3) is 5.91 Å². The van der Waals surface area contributed by atoms with Gasteiger partial charge in [0.15, 0.2) is 0 Å². The van der Waals surface area contributed by atoms with Gasteiger partial charge in [-0.3, -0.25) is 4.79 Å². The number of nitrogens with zero attached hydrogens (tertiary/aromatic N) is 1. The molecule has 0 saturated carbocycles. The molecule has 0 aliphatic rings. The van der Waals surface area contributed by atoms with Crippen molar-refractivity contribution in [3.8, 4) is 18.2 Å². The molecule has 0 saturated heterocycles. The molecule has 1 amide bonds. The van der Waals surface area contributed by atoms with E-state index < -0.39 is 0 Å². The van der Waals surface area contributed by atoms with Gasteiger partial charge in [-0.05, 0) is 37.5 Å². The van der Waals surface area contributed by atoms with Crippen LogP contribution >= 0.6 is 0 Å². The first kappa shape index (κ1) is 21.3. The third kappa shape index (κ3) is 6.29. The number of amides is 1. The zero-order chi connectivity index (χ0) is 19.7. The van der Waals surface area contributed by atoms with Crippen LogP contribution < -0.4 is 10.1 Å². The summed E-state index contributed by atoms with van der Waals surface area (Å²) >= 11 is 0. The molecule has 0 fully saturated rings. The molecule has 0 spiro atoms. The van der Waals surface area contributed by atoms with Gasteiger partial charge in [-0.15, -0.1) is 6.42 Å². The molecule has 1 N–H and O–H groups in total. The van der Waals surface area contributed by atoms with Crippen LogP contribution in [-0.2, 0) is 4.74 Å². The summed E-state index contributed by atoms with van der Waals surface area (Å²) in [5.41, 5.74) is 1.21. The lowest BCUT2D eigenvalue weighted by Crippen LogP contribution is -2.41. The lowest BCUT2D eigenvalue weighted by molar-refractivity contribution is 0.0909. The van der Waals surface area contributed by atoms with E-state index in [0.717, 1.165) is 5.57 Å². The maximum Gasteiger partial charge on any atom is 0.253 e. The van der Waals surface area contributed by atoms with E-state index in [1.54, 1.807) is 25.3 Å². The number of aromatic nitrogens is 1. The molecule has 5 nitrogen and oxygen atoms in total. The second-order valence-electron chi connectivity index (χ2n) is 6.93. The molecule has 1 aromatic heterocycles. The van der Waals surface area contributed by atoms with Crippen molar-refractivity contribution in [3.63, 3.8) is 0 Å². The van der Waals surface area contributed by atoms with Crippen molar-refractivity contribution in [1.29, 1.82) is 0 Å². The van der Waals surface area contributed by atoms with Crippen LogP contribution in [0.2, 0.25) is 0 Å². The summed E-state index contributed by atoms with van der Waals surface area (Å²) in [6.45, 7) is 10.3. The number of nitrogens with one attached hydrogen (secondary N) is 1. The number of hydrogen-bond acceptors (Lipinski definition) is 4. The Morgan fingerprint density at radius 3 is 2.58 bits per heavy atom. The van der Waals surface area contributed by atoms with Gasteiger partial charge < -0.3 is 14.8 Å². The van der Waals surface area contributed by atoms with Gasteiger partial charge in [0.1, 0.15) is 12.4 Å². The predicted molar refractivity (Wildman–Crippen MR) is 104 cm³/mol. The highest BCUT2D eigenvalue weighted by molar-refractivity contribution is 5.94. The number of terminal acetylenes is 1. The zero-order valence-corrected chi connectivity index (χ0v) is 16.4. The van der Waals surface area contributed by atoms with Gasteiger partial charge >= 0.3 is 0 Å². The van der Waals surface area contributed by atoms with Crippen LogP contribution in [0.1, 0.15) is 45.0 Å². The Morgan fingerprint density at radius 2 is 2.12 bits per heavy atom. The number of pyridine rings is 1. The van der Waals surface area contributed by atoms with Crippen molar-refractivity contribution in [2.75, 3.05) is 13.7 Å². The summed E-state index contributed by atoms with van der Waals surface area (Å²) in [6.07, 6.45) is 10.2. The smallest absolute Gasteiger partial charge is 0.253 e. The third-order valence-electron chi connectivity index (χ3n) is 4.08. The summed E-state index contributed by atoms with van der Waals surface area (Å²) in [6, 6.07) is 3.38. The number of carbonyl (C=O) groups is 1. The van der Waals surface area contributed by atoms with E-state index in [1.807, 2.05) is 19.9 Å². The largest absolute Gasteiger partial charge is 0.497 e. The van der Waals surface area contributed by atoms with Gasteiger partial charge in [0, 0.05) is 23.9 Å². The Kier molecular flexibility index (Phi) is 7.92. The van der Waals surface area contributed by atoms with E-state index >= 15 is 0 Å². The van der Waals surface area contributed by atoms with Crippen LogP contribution in [0.25, 0.3) is 0 Å². The monoisotopic (exact) mass is 356 g/mol. The van der Waals surface area contributed by atoms with Crippen LogP contribution in [0.5, 0.6) is 5.88 Å². The first-order valence-corrected chi connectivity index (χ1v) is 8.48. The summed E-state index contributed by atoms with van der Waals surface area (Å²) in [5.74, 6) is 3.36. The SMILES string of the molecule is C#CC=C(COc1ccc(C(=O)NC(C)C(C)(C)C)cn1)C(=CC)OC. The predicted octanol–water partition coefficient (Wildman–Crippen LogP) is 3.73. The molecular formula is C21H28N2O3. The maximum atomic E-state index is 12.3. The van der Waals surface area contributed by atoms with E-state index in [4.69, 9.17) is 15.9 Å². The maximum absolute atomic E-state index is 12.3. The van der Waals surface area contributed by atoms with E-state index in [2.05, 4.69) is 37.0 Å². The van der Waals surface area contributed by atoms with Crippen molar-refractivity contribution >= 4 is 5.91 Å². The van der Waals surface area contributed by atoms with Crippen LogP contribution in [0.4, 0.5) is 0 Å². The van der Waals surface area contributed by atoms with Crippen molar-refractivity contribution in [2.45, 2.75) is 40.7 Å². The topological polar surface area (TPSA) is 60.5 Å². The molecular weight excluding hydrogens is 328 g/mol. The Labute approximate surface area is 156 Å². The fourth-order valence-electron chi connectivity index (χ4n) is 1.97. The van der Waals surface area contributed by atoms with E-state index in [1.165, 1.54) is 6.20 Å². The van der Waals surface area contributed by atoms with Crippen LogP contribution in [0, 0.1) is 17.8 Å². The molecule has 0 aliphatic heterocycles. The normalized spacial score (nSPS) is 13.6. The minimum atomic E-state index is -0.157. The zero-order valence-electron chi connectivity index (χ0n) is 16.4. The van der Waals surface area contributed by atoms with Crippen LogP contribution in [0.3, 0.4) is 0 Å². The highest BCUT2D eigenvalue weighted by Gasteiger charge is 2.22. The van der Waals surface area contributed by atoms with Crippen LogP contribution in [-0.4, -0.2) is 30.6 Å². The molecule has 1 aromatic rings. The number of allylic oxidation sites excluding steroid dienone is 2. The van der Waals surface area contributed by atoms with Crippen LogP contribution in [0.15, 0.2) is 41.8 Å². The Bertz CT molecular complexity index is 704. The second-order valence-corrected chi connectivity index (χ2v) is 6.93. The standard InChI is InChI=1S/C21H28N2O3/c1-8-10-17(18(9-2)25-7)14-26-19-12-11-16(13-22-19)20(24)23-15(3)21(4,5)6/h1,9-13,15H,14H2,2-7H3,(H,23,24). The molecule has 1 atom stereocenters. The highest BCUT2D eigenvalue weighted by atomic mass is 16.5. The average molecular weight is 356 g/mol. The van der Waals surface area contributed by atoms with Gasteiger partial charge in [0.2, 0.25) is 5.88 Å². The van der Waals surface area contributed by atoms with Gasteiger partial charge in [-0.25, -0.2) is 4.98 Å². The van der Waals surface area contributed by atoms with Crippen molar-refractivity contribution in [3.05, 3.63) is 47.4 Å². The minimum absolute atomic E-state index is 0.0161. The van der Waals surface area contributed by atoms with E-state index in [0.29, 0.717) is 17.2 Å². The summed E-state index contributed by atoms with van der Waals surface area (Å²) in [5, 5.41) is 2.98. The fraction of sp³-hybridized carbons (Fsp3) is 0.429. The molecule has 1 heterocycles. The molecule has 26 heavy (non-hydrogen) atoms. The van der Waals surface area contributed by atoms with Crippen molar-refractivity contribution in [1.82, 2.24) is 10.3 Å². The first-order valence-electron chi connectivity index (χ1n) is 8.48. The Balaban J connectivity index is 2.75. The highest BCUT2D eigenvalue weighted by Crippen LogP contribution is 2.19.